The standard InChI is InChI=1S/C24H20BrClN2O5S/c1-12-20(23(30)33-4)21(16-11-15(26)6-8-18(16)32-3)28-22(29)19(34-24(28)27-12)10-13-9-14(25)5-7-17(13)31-2/h5-11,21H,1-4H3/b19-10-/t21-/m0/s1. The predicted octanol–water partition coefficient (Wildman–Crippen LogP) is 3.84. The van der Waals surface area contributed by atoms with Crippen LogP contribution in [-0.4, -0.2) is 31.9 Å². The Bertz CT molecular complexity index is 1510. The van der Waals surface area contributed by atoms with E-state index in [1.54, 1.807) is 38.3 Å². The van der Waals surface area contributed by atoms with Crippen molar-refractivity contribution in [3.05, 3.63) is 88.0 Å². The van der Waals surface area contributed by atoms with Crippen LogP contribution in [0.4, 0.5) is 0 Å². The molecule has 4 rings (SSSR count). The summed E-state index contributed by atoms with van der Waals surface area (Å²) in [5.41, 5.74) is 1.65. The van der Waals surface area contributed by atoms with E-state index in [9.17, 15) is 9.59 Å². The highest BCUT2D eigenvalue weighted by molar-refractivity contribution is 9.10. The Morgan fingerprint density at radius 1 is 1.15 bits per heavy atom. The van der Waals surface area contributed by atoms with E-state index >= 15 is 0 Å². The normalized spacial score (nSPS) is 15.6. The molecule has 0 amide bonds. The maximum atomic E-state index is 13.7. The highest BCUT2D eigenvalue weighted by atomic mass is 79.9. The number of rotatable bonds is 5. The van der Waals surface area contributed by atoms with Crippen LogP contribution in [0.3, 0.4) is 0 Å². The Kier molecular flexibility index (Phi) is 6.97. The molecule has 0 fully saturated rings. The van der Waals surface area contributed by atoms with Gasteiger partial charge in [0.15, 0.2) is 4.80 Å². The van der Waals surface area contributed by atoms with Gasteiger partial charge in [0.25, 0.3) is 5.56 Å². The lowest BCUT2D eigenvalue weighted by molar-refractivity contribution is -0.136. The highest BCUT2D eigenvalue weighted by Crippen LogP contribution is 2.37. The minimum absolute atomic E-state index is 0.238. The van der Waals surface area contributed by atoms with Gasteiger partial charge in [0.1, 0.15) is 17.5 Å². The molecule has 0 bridgehead atoms. The molecule has 3 aromatic rings. The van der Waals surface area contributed by atoms with Crippen molar-refractivity contribution < 1.29 is 19.0 Å². The Balaban J connectivity index is 2.04. The zero-order chi connectivity index (χ0) is 24.6. The molecule has 0 spiro atoms. The van der Waals surface area contributed by atoms with Crippen LogP contribution in [-0.2, 0) is 9.53 Å². The Hall–Kier alpha value is -2.88. The molecule has 0 aliphatic carbocycles. The molecule has 2 aromatic carbocycles. The summed E-state index contributed by atoms with van der Waals surface area (Å²) in [5.74, 6) is 0.512. The number of thiazole rings is 1. The molecular weight excluding hydrogens is 544 g/mol. The fourth-order valence-electron chi connectivity index (χ4n) is 3.87. The van der Waals surface area contributed by atoms with E-state index in [0.29, 0.717) is 37.1 Å². The number of halogens is 2. The van der Waals surface area contributed by atoms with Crippen molar-refractivity contribution in [2.24, 2.45) is 4.99 Å². The van der Waals surface area contributed by atoms with Gasteiger partial charge in [-0.05, 0) is 49.4 Å². The van der Waals surface area contributed by atoms with Gasteiger partial charge in [-0.25, -0.2) is 9.79 Å². The summed E-state index contributed by atoms with van der Waals surface area (Å²) in [7, 11) is 4.38. The van der Waals surface area contributed by atoms with E-state index in [1.165, 1.54) is 30.1 Å². The second kappa shape index (κ2) is 9.77. The molecule has 34 heavy (non-hydrogen) atoms. The lowest BCUT2D eigenvalue weighted by Gasteiger charge is -2.25. The van der Waals surface area contributed by atoms with Crippen LogP contribution < -0.4 is 24.4 Å². The lowest BCUT2D eigenvalue weighted by atomic mass is 9.95. The van der Waals surface area contributed by atoms with Crippen LogP contribution in [0.25, 0.3) is 6.08 Å². The molecule has 7 nitrogen and oxygen atoms in total. The number of nitrogens with zero attached hydrogens (tertiary/aromatic N) is 2. The van der Waals surface area contributed by atoms with Gasteiger partial charge >= 0.3 is 5.97 Å². The molecule has 0 saturated carbocycles. The first kappa shape index (κ1) is 24.3. The Labute approximate surface area is 212 Å². The molecule has 0 N–H and O–H groups in total. The Morgan fingerprint density at radius 2 is 1.85 bits per heavy atom. The van der Waals surface area contributed by atoms with E-state index in [2.05, 4.69) is 20.9 Å². The maximum absolute atomic E-state index is 13.7. The van der Waals surface area contributed by atoms with Crippen molar-refractivity contribution in [1.29, 1.82) is 0 Å². The molecular formula is C24H20BrClN2O5S. The molecule has 1 atom stereocenters. The number of hydrogen-bond acceptors (Lipinski definition) is 7. The smallest absolute Gasteiger partial charge is 0.338 e. The second-order valence-electron chi connectivity index (χ2n) is 7.35. The SMILES string of the molecule is COC(=O)C1=C(C)N=c2s/c(=C\c3cc(Br)ccc3OC)c(=O)n2[C@H]1c1cc(Cl)ccc1OC. The number of hydrogen-bond donors (Lipinski definition) is 0. The molecule has 10 heteroatoms. The number of aromatic nitrogens is 1. The number of esters is 1. The van der Waals surface area contributed by atoms with E-state index in [0.717, 1.165) is 10.0 Å². The summed E-state index contributed by atoms with van der Waals surface area (Å²) in [5, 5.41) is 0.440. The number of methoxy groups -OCH3 is 3. The summed E-state index contributed by atoms with van der Waals surface area (Å²) in [4.78, 5) is 31.6. The predicted molar refractivity (Wildman–Crippen MR) is 134 cm³/mol. The molecule has 0 saturated heterocycles. The first-order valence-corrected chi connectivity index (χ1v) is 12.1. The fourth-order valence-corrected chi connectivity index (χ4v) is 5.46. The molecule has 1 aliphatic heterocycles. The fraction of sp³-hybridized carbons (Fsp3) is 0.208. The van der Waals surface area contributed by atoms with Crippen molar-refractivity contribution in [3.63, 3.8) is 0 Å². The van der Waals surface area contributed by atoms with E-state index < -0.39 is 12.0 Å². The number of fused-ring (bicyclic) bond motifs is 1. The zero-order valence-corrected chi connectivity index (χ0v) is 21.9. The maximum Gasteiger partial charge on any atom is 0.338 e. The molecule has 1 aliphatic rings. The van der Waals surface area contributed by atoms with E-state index in [-0.39, 0.29) is 11.1 Å². The number of ether oxygens (including phenoxy) is 3. The molecule has 0 unspecified atom stereocenters. The van der Waals surface area contributed by atoms with Crippen LogP contribution in [0.5, 0.6) is 11.5 Å². The average molecular weight is 564 g/mol. The van der Waals surface area contributed by atoms with Crippen LogP contribution in [0.2, 0.25) is 5.02 Å². The summed E-state index contributed by atoms with van der Waals surface area (Å²) in [6.07, 6.45) is 1.75. The van der Waals surface area contributed by atoms with Crippen molar-refractivity contribution >= 4 is 50.9 Å². The molecule has 0 radical (unpaired) electrons. The monoisotopic (exact) mass is 562 g/mol. The summed E-state index contributed by atoms with van der Waals surface area (Å²) >= 11 is 11.0. The topological polar surface area (TPSA) is 79.1 Å². The minimum atomic E-state index is -0.830. The second-order valence-corrected chi connectivity index (χ2v) is 9.71. The Morgan fingerprint density at radius 3 is 2.53 bits per heavy atom. The minimum Gasteiger partial charge on any atom is -0.496 e. The first-order valence-electron chi connectivity index (χ1n) is 10.1. The number of carbonyl (C=O) groups excluding carboxylic acids is 1. The van der Waals surface area contributed by atoms with E-state index in [4.69, 9.17) is 25.8 Å². The summed E-state index contributed by atoms with van der Waals surface area (Å²) in [6, 6.07) is 9.76. The number of benzene rings is 2. The van der Waals surface area contributed by atoms with Crippen LogP contribution in [0.15, 0.2) is 61.9 Å². The molecule has 176 valence electrons. The third-order valence-corrected chi connectivity index (χ3v) is 7.10. The third-order valence-electron chi connectivity index (χ3n) is 5.39. The van der Waals surface area contributed by atoms with Crippen LogP contribution >= 0.6 is 38.9 Å². The van der Waals surface area contributed by atoms with Gasteiger partial charge < -0.3 is 14.2 Å². The number of carbonyl (C=O) groups is 1. The van der Waals surface area contributed by atoms with E-state index in [1.807, 2.05) is 18.2 Å². The summed E-state index contributed by atoms with van der Waals surface area (Å²) in [6.45, 7) is 1.71. The number of allylic oxidation sites excluding steroid dienone is 1. The lowest BCUT2D eigenvalue weighted by Crippen LogP contribution is -2.40. The van der Waals surface area contributed by atoms with Crippen molar-refractivity contribution in [1.82, 2.24) is 4.57 Å². The zero-order valence-electron chi connectivity index (χ0n) is 18.7. The largest absolute Gasteiger partial charge is 0.496 e. The third kappa shape index (κ3) is 4.31. The van der Waals surface area contributed by atoms with Crippen molar-refractivity contribution in [2.75, 3.05) is 21.3 Å². The molecule has 2 heterocycles. The van der Waals surface area contributed by atoms with Gasteiger partial charge in [-0.15, -0.1) is 0 Å². The van der Waals surface area contributed by atoms with Gasteiger partial charge in [-0.1, -0.05) is 38.9 Å². The van der Waals surface area contributed by atoms with Crippen LogP contribution in [0, 0.1) is 0 Å². The van der Waals surface area contributed by atoms with Gasteiger partial charge in [-0.3, -0.25) is 9.36 Å². The van der Waals surface area contributed by atoms with Crippen LogP contribution in [0.1, 0.15) is 24.1 Å². The van der Waals surface area contributed by atoms with Gasteiger partial charge in [0.2, 0.25) is 0 Å². The van der Waals surface area contributed by atoms with Gasteiger partial charge in [0, 0.05) is 20.6 Å². The highest BCUT2D eigenvalue weighted by Gasteiger charge is 2.35. The van der Waals surface area contributed by atoms with Gasteiger partial charge in [-0.2, -0.15) is 0 Å². The van der Waals surface area contributed by atoms with Crippen molar-refractivity contribution in [3.8, 4) is 11.5 Å². The molecule has 1 aromatic heterocycles. The average Bonchev–Trinajstić information content (AvgIpc) is 3.12. The summed E-state index contributed by atoms with van der Waals surface area (Å²) < 4.78 is 18.8. The first-order chi connectivity index (χ1) is 16.3. The van der Waals surface area contributed by atoms with Gasteiger partial charge in [0.05, 0.1) is 37.1 Å². The quantitative estimate of drug-likeness (QED) is 0.441. The van der Waals surface area contributed by atoms with Crippen molar-refractivity contribution in [2.45, 2.75) is 13.0 Å².